The number of nitrogens with one attached hydrogen (secondary N) is 1. The van der Waals surface area contributed by atoms with Crippen molar-refractivity contribution in [2.45, 2.75) is 32.6 Å². The monoisotopic (exact) mass is 448 g/mol. The Balaban J connectivity index is 1.94. The maximum Gasteiger partial charge on any atom is 0.266 e. The summed E-state index contributed by atoms with van der Waals surface area (Å²) >= 11 is 0. The van der Waals surface area contributed by atoms with E-state index in [1.807, 2.05) is 62.6 Å². The number of aryl methyl sites for hydroxylation is 3. The number of nitrogens with zero attached hydrogens (tertiary/aromatic N) is 2. The topological polar surface area (TPSA) is 118 Å². The molecule has 7 nitrogen and oxygen atoms in total. The molecule has 2 aromatic carbocycles. The Bertz CT molecular complexity index is 1360. The van der Waals surface area contributed by atoms with Gasteiger partial charge in [0.1, 0.15) is 11.6 Å². The maximum atomic E-state index is 12.7. The van der Waals surface area contributed by atoms with Crippen LogP contribution in [0.4, 0.5) is 5.69 Å². The van der Waals surface area contributed by atoms with Gasteiger partial charge < -0.3 is 9.88 Å². The minimum Gasteiger partial charge on any atom is -0.321 e. The molecule has 0 spiro atoms. The summed E-state index contributed by atoms with van der Waals surface area (Å²) in [6, 6.07) is 15.7. The zero-order chi connectivity index (χ0) is 23.6. The molecule has 0 unspecified atom stereocenters. The largest absolute Gasteiger partial charge is 0.321 e. The smallest absolute Gasteiger partial charge is 0.266 e. The van der Waals surface area contributed by atoms with Gasteiger partial charge in [0.15, 0.2) is 0 Å². The quantitative estimate of drug-likeness (QED) is 0.454. The summed E-state index contributed by atoms with van der Waals surface area (Å²) in [6.07, 6.45) is 1.55. The SMILES string of the molecule is Cc1cc(C)cc(NC(=O)/C(C#N)=C\c2cc(C)n(-c3ccc(S(N)(=O)=O)cc3)c2C)c1. The summed E-state index contributed by atoms with van der Waals surface area (Å²) in [4.78, 5) is 12.7. The van der Waals surface area contributed by atoms with Crippen LogP contribution in [0.3, 0.4) is 0 Å². The Morgan fingerprint density at radius 2 is 1.62 bits per heavy atom. The number of amides is 1. The number of primary sulfonamides is 1. The average Bonchev–Trinajstić information content (AvgIpc) is 2.97. The summed E-state index contributed by atoms with van der Waals surface area (Å²) in [5.41, 5.74) is 5.76. The molecule has 0 radical (unpaired) electrons. The second-order valence-corrected chi connectivity index (χ2v) is 9.26. The van der Waals surface area contributed by atoms with Gasteiger partial charge in [-0.15, -0.1) is 0 Å². The Kier molecular flexibility index (Phi) is 6.35. The third-order valence-electron chi connectivity index (χ3n) is 5.04. The van der Waals surface area contributed by atoms with E-state index in [9.17, 15) is 18.5 Å². The fourth-order valence-corrected chi connectivity index (χ4v) is 4.18. The number of carbonyl (C=O) groups is 1. The standard InChI is InChI=1S/C24H24N4O3S/c1-15-9-16(2)11-21(10-15)27-24(29)20(14-25)13-19-12-17(3)28(18(19)4)22-5-7-23(8-6-22)32(26,30)31/h5-13H,1-4H3,(H,27,29)(H2,26,30,31)/b20-13-. The van der Waals surface area contributed by atoms with Crippen LogP contribution in [-0.2, 0) is 14.8 Å². The van der Waals surface area contributed by atoms with Crippen molar-refractivity contribution in [1.29, 1.82) is 5.26 Å². The van der Waals surface area contributed by atoms with E-state index in [2.05, 4.69) is 5.32 Å². The van der Waals surface area contributed by atoms with Crippen molar-refractivity contribution in [3.8, 4) is 11.8 Å². The molecule has 0 aliphatic carbocycles. The summed E-state index contributed by atoms with van der Waals surface area (Å²) in [6.45, 7) is 7.63. The molecule has 0 aliphatic heterocycles. The van der Waals surface area contributed by atoms with Crippen molar-refractivity contribution < 1.29 is 13.2 Å². The van der Waals surface area contributed by atoms with Crippen LogP contribution in [0.1, 0.15) is 28.1 Å². The summed E-state index contributed by atoms with van der Waals surface area (Å²) < 4.78 is 24.9. The number of nitrogens with two attached hydrogens (primary N) is 1. The third-order valence-corrected chi connectivity index (χ3v) is 5.97. The second-order valence-electron chi connectivity index (χ2n) is 7.70. The first-order valence-corrected chi connectivity index (χ1v) is 11.4. The Morgan fingerprint density at radius 3 is 2.16 bits per heavy atom. The summed E-state index contributed by atoms with van der Waals surface area (Å²) in [5.74, 6) is -0.486. The van der Waals surface area contributed by atoms with Gasteiger partial charge in [-0.1, -0.05) is 6.07 Å². The molecule has 0 saturated heterocycles. The van der Waals surface area contributed by atoms with Crippen LogP contribution in [-0.4, -0.2) is 18.9 Å². The van der Waals surface area contributed by atoms with E-state index in [-0.39, 0.29) is 10.5 Å². The van der Waals surface area contributed by atoms with Crippen LogP contribution >= 0.6 is 0 Å². The van der Waals surface area contributed by atoms with Crippen LogP contribution in [0.2, 0.25) is 0 Å². The van der Waals surface area contributed by atoms with Gasteiger partial charge in [0.05, 0.1) is 4.90 Å². The Labute approximate surface area is 187 Å². The van der Waals surface area contributed by atoms with Gasteiger partial charge in [0, 0.05) is 22.8 Å². The zero-order valence-electron chi connectivity index (χ0n) is 18.3. The highest BCUT2D eigenvalue weighted by atomic mass is 32.2. The highest BCUT2D eigenvalue weighted by Crippen LogP contribution is 2.24. The van der Waals surface area contributed by atoms with Crippen LogP contribution in [0.5, 0.6) is 0 Å². The van der Waals surface area contributed by atoms with Gasteiger partial charge in [-0.25, -0.2) is 13.6 Å². The lowest BCUT2D eigenvalue weighted by Crippen LogP contribution is -2.13. The van der Waals surface area contributed by atoms with E-state index in [1.165, 1.54) is 12.1 Å². The molecule has 1 amide bonds. The number of rotatable bonds is 5. The van der Waals surface area contributed by atoms with Crippen LogP contribution in [0.25, 0.3) is 11.8 Å². The van der Waals surface area contributed by atoms with Gasteiger partial charge in [-0.2, -0.15) is 5.26 Å². The first-order valence-electron chi connectivity index (χ1n) is 9.83. The summed E-state index contributed by atoms with van der Waals surface area (Å²) in [5, 5.41) is 17.5. The first kappa shape index (κ1) is 23.0. The minimum absolute atomic E-state index is 0.0195. The molecule has 0 saturated carbocycles. The van der Waals surface area contributed by atoms with Crippen LogP contribution in [0.15, 0.2) is 59.0 Å². The molecule has 3 N–H and O–H groups in total. The molecular formula is C24H24N4O3S. The molecule has 0 bridgehead atoms. The maximum absolute atomic E-state index is 12.7. The fraction of sp³-hybridized carbons (Fsp3) is 0.167. The number of anilines is 1. The minimum atomic E-state index is -3.78. The number of sulfonamides is 1. The molecule has 0 fully saturated rings. The summed E-state index contributed by atoms with van der Waals surface area (Å²) in [7, 11) is -3.78. The van der Waals surface area contributed by atoms with Gasteiger partial charge in [-0.05, 0) is 92.9 Å². The van der Waals surface area contributed by atoms with E-state index in [4.69, 9.17) is 5.14 Å². The lowest BCUT2D eigenvalue weighted by Gasteiger charge is -2.10. The van der Waals surface area contributed by atoms with Gasteiger partial charge in [-0.3, -0.25) is 4.79 Å². The van der Waals surface area contributed by atoms with Crippen molar-refractivity contribution >= 4 is 27.7 Å². The van der Waals surface area contributed by atoms with Crippen molar-refractivity contribution in [2.75, 3.05) is 5.32 Å². The number of benzene rings is 2. The van der Waals surface area contributed by atoms with E-state index in [1.54, 1.807) is 18.2 Å². The van der Waals surface area contributed by atoms with Crippen LogP contribution in [0, 0.1) is 39.0 Å². The van der Waals surface area contributed by atoms with Crippen molar-refractivity contribution in [3.05, 3.63) is 82.2 Å². The first-order chi connectivity index (χ1) is 15.0. The molecule has 3 aromatic rings. The third kappa shape index (κ3) is 4.97. The molecule has 8 heteroatoms. The van der Waals surface area contributed by atoms with Crippen molar-refractivity contribution in [3.63, 3.8) is 0 Å². The van der Waals surface area contributed by atoms with E-state index >= 15 is 0 Å². The molecule has 0 atom stereocenters. The predicted molar refractivity (Wildman–Crippen MR) is 125 cm³/mol. The number of hydrogen-bond acceptors (Lipinski definition) is 4. The molecule has 0 aliphatic rings. The number of carbonyl (C=O) groups excluding carboxylic acids is 1. The van der Waals surface area contributed by atoms with E-state index in [0.717, 1.165) is 28.2 Å². The highest BCUT2D eigenvalue weighted by Gasteiger charge is 2.15. The highest BCUT2D eigenvalue weighted by molar-refractivity contribution is 7.89. The molecular weight excluding hydrogens is 424 g/mol. The molecule has 1 heterocycles. The molecule has 32 heavy (non-hydrogen) atoms. The Hall–Kier alpha value is -3.67. The lowest BCUT2D eigenvalue weighted by atomic mass is 10.1. The lowest BCUT2D eigenvalue weighted by molar-refractivity contribution is -0.112. The molecule has 1 aromatic heterocycles. The number of nitriles is 1. The normalized spacial score (nSPS) is 11.8. The van der Waals surface area contributed by atoms with Gasteiger partial charge in [0.25, 0.3) is 5.91 Å². The second kappa shape index (κ2) is 8.83. The zero-order valence-corrected chi connectivity index (χ0v) is 19.1. The Morgan fingerprint density at radius 1 is 1.03 bits per heavy atom. The number of hydrogen-bond donors (Lipinski definition) is 2. The fourth-order valence-electron chi connectivity index (χ4n) is 3.67. The van der Waals surface area contributed by atoms with Gasteiger partial charge in [0.2, 0.25) is 10.0 Å². The average molecular weight is 449 g/mol. The van der Waals surface area contributed by atoms with E-state index < -0.39 is 15.9 Å². The van der Waals surface area contributed by atoms with Crippen LogP contribution < -0.4 is 10.5 Å². The predicted octanol–water partition coefficient (Wildman–Crippen LogP) is 3.90. The number of aromatic nitrogens is 1. The van der Waals surface area contributed by atoms with E-state index in [0.29, 0.717) is 11.3 Å². The van der Waals surface area contributed by atoms with Crippen molar-refractivity contribution in [2.24, 2.45) is 5.14 Å². The molecule has 3 rings (SSSR count). The van der Waals surface area contributed by atoms with Gasteiger partial charge >= 0.3 is 0 Å². The van der Waals surface area contributed by atoms with Crippen molar-refractivity contribution in [1.82, 2.24) is 4.57 Å². The molecule has 164 valence electrons.